The summed E-state index contributed by atoms with van der Waals surface area (Å²) in [6.07, 6.45) is 5.43. The topological polar surface area (TPSA) is 98.7 Å². The van der Waals surface area contributed by atoms with Gasteiger partial charge in [-0.05, 0) is 74.8 Å². The van der Waals surface area contributed by atoms with Crippen LogP contribution in [-0.4, -0.2) is 29.2 Å². The van der Waals surface area contributed by atoms with E-state index in [-0.39, 0.29) is 47.1 Å². The van der Waals surface area contributed by atoms with Crippen LogP contribution in [0, 0.1) is 0 Å². The second-order valence-corrected chi connectivity index (χ2v) is 6.94. The summed E-state index contributed by atoms with van der Waals surface area (Å²) in [5.74, 6) is -1.01. The van der Waals surface area contributed by atoms with E-state index in [0.29, 0.717) is 29.9 Å². The van der Waals surface area contributed by atoms with Crippen molar-refractivity contribution in [1.29, 1.82) is 0 Å². The molecule has 2 atom stereocenters. The van der Waals surface area contributed by atoms with Crippen LogP contribution in [0.3, 0.4) is 0 Å². The molecule has 3 rings (SSSR count). The number of anilines is 1. The van der Waals surface area contributed by atoms with Crippen molar-refractivity contribution in [3.63, 3.8) is 0 Å². The number of aliphatic carboxylic acids is 1. The minimum atomic E-state index is -1.26. The van der Waals surface area contributed by atoms with Gasteiger partial charge in [-0.15, -0.1) is 0 Å². The van der Waals surface area contributed by atoms with Crippen molar-refractivity contribution in [3.8, 4) is 5.75 Å². The Balaban J connectivity index is 0.00000261. The molecular formula is C20H24NNaO5. The molecule has 0 saturated heterocycles. The Morgan fingerprint density at radius 3 is 2.26 bits per heavy atom. The summed E-state index contributed by atoms with van der Waals surface area (Å²) in [6.45, 7) is 0. The summed E-state index contributed by atoms with van der Waals surface area (Å²) in [4.78, 5) is 23.6. The molecule has 2 N–H and O–H groups in total. The normalized spacial score (nSPS) is 22.6. The molecule has 140 valence electrons. The van der Waals surface area contributed by atoms with Crippen molar-refractivity contribution in [3.05, 3.63) is 35.4 Å². The molecule has 1 fully saturated rings. The van der Waals surface area contributed by atoms with Crippen LogP contribution in [0.2, 0.25) is 0 Å². The molecule has 0 heterocycles. The van der Waals surface area contributed by atoms with Gasteiger partial charge in [-0.3, -0.25) is 4.79 Å². The fraction of sp³-hybridized carbons (Fsp3) is 0.500. The Kier molecular flexibility index (Phi) is 8.35. The maximum Gasteiger partial charge on any atom is 1.00 e. The van der Waals surface area contributed by atoms with E-state index in [4.69, 9.17) is 4.74 Å². The standard InChI is InChI=1S/C20H25NO5.Na/c22-17-7-3-4-8-18(17)26-14-11-9-13(10-12-14)21-19(23)15-5-1-2-6-16(15)20(24)25;/h9-12,17-18,22H,1-8H2,(H,21,23)(H,24,25);/q;+1/p-1. The number of hydrogen-bond acceptors (Lipinski definition) is 5. The first-order chi connectivity index (χ1) is 12.5. The third-order valence-corrected chi connectivity index (χ3v) is 5.06. The van der Waals surface area contributed by atoms with E-state index < -0.39 is 12.1 Å². The SMILES string of the molecule is O=C([O-])C1=C(C(=O)Nc2ccc(OC3CCCCC3O)cc2)CCCC1.[Na+]. The van der Waals surface area contributed by atoms with Gasteiger partial charge in [-0.25, -0.2) is 0 Å². The minimum Gasteiger partial charge on any atom is -0.545 e. The Hall–Kier alpha value is -1.34. The molecule has 6 nitrogen and oxygen atoms in total. The Morgan fingerprint density at radius 1 is 1.00 bits per heavy atom. The summed E-state index contributed by atoms with van der Waals surface area (Å²) < 4.78 is 5.83. The largest absolute Gasteiger partial charge is 1.00 e. The molecule has 2 aliphatic carbocycles. The van der Waals surface area contributed by atoms with Crippen LogP contribution in [0.4, 0.5) is 5.69 Å². The maximum atomic E-state index is 12.4. The number of carbonyl (C=O) groups excluding carboxylic acids is 2. The van der Waals surface area contributed by atoms with E-state index in [1.54, 1.807) is 24.3 Å². The van der Waals surface area contributed by atoms with E-state index in [1.165, 1.54) is 0 Å². The molecule has 27 heavy (non-hydrogen) atoms. The first kappa shape index (κ1) is 22.0. The number of aliphatic hydroxyl groups is 1. The van der Waals surface area contributed by atoms with Gasteiger partial charge in [0.15, 0.2) is 0 Å². The number of amides is 1. The number of nitrogens with one attached hydrogen (secondary N) is 1. The Labute approximate surface area is 181 Å². The predicted octanol–water partition coefficient (Wildman–Crippen LogP) is -1.07. The summed E-state index contributed by atoms with van der Waals surface area (Å²) in [5.41, 5.74) is 0.990. The van der Waals surface area contributed by atoms with Gasteiger partial charge in [0, 0.05) is 11.3 Å². The molecule has 1 aromatic rings. The van der Waals surface area contributed by atoms with E-state index in [0.717, 1.165) is 38.5 Å². The fourth-order valence-electron chi connectivity index (χ4n) is 3.59. The van der Waals surface area contributed by atoms with Gasteiger partial charge in [0.2, 0.25) is 0 Å². The van der Waals surface area contributed by atoms with Crippen LogP contribution < -0.4 is 44.7 Å². The number of carbonyl (C=O) groups is 2. The molecule has 2 aliphatic rings. The van der Waals surface area contributed by atoms with Crippen LogP contribution in [0.1, 0.15) is 51.4 Å². The average molecular weight is 381 g/mol. The van der Waals surface area contributed by atoms with Crippen molar-refractivity contribution in [1.82, 2.24) is 0 Å². The third kappa shape index (κ3) is 5.82. The molecule has 7 heteroatoms. The molecule has 1 saturated carbocycles. The molecule has 1 amide bonds. The summed E-state index contributed by atoms with van der Waals surface area (Å²) in [7, 11) is 0. The number of rotatable bonds is 5. The van der Waals surface area contributed by atoms with Crippen molar-refractivity contribution < 1.29 is 54.1 Å². The summed E-state index contributed by atoms with van der Waals surface area (Å²) >= 11 is 0. The fourth-order valence-corrected chi connectivity index (χ4v) is 3.59. The zero-order valence-electron chi connectivity index (χ0n) is 15.7. The first-order valence-corrected chi connectivity index (χ1v) is 9.24. The second kappa shape index (κ2) is 10.3. The molecule has 0 radical (unpaired) electrons. The number of carboxylic acid groups (broad SMARTS) is 1. The molecule has 0 aromatic heterocycles. The summed E-state index contributed by atoms with van der Waals surface area (Å²) in [6, 6.07) is 6.91. The van der Waals surface area contributed by atoms with Gasteiger partial charge >= 0.3 is 29.6 Å². The zero-order chi connectivity index (χ0) is 18.5. The second-order valence-electron chi connectivity index (χ2n) is 6.94. The van der Waals surface area contributed by atoms with E-state index in [9.17, 15) is 19.8 Å². The number of aliphatic hydroxyl groups excluding tert-OH is 1. The number of hydrogen-bond donors (Lipinski definition) is 2. The molecule has 1 aromatic carbocycles. The van der Waals surface area contributed by atoms with Crippen LogP contribution in [-0.2, 0) is 9.59 Å². The van der Waals surface area contributed by atoms with Crippen molar-refractivity contribution in [2.24, 2.45) is 0 Å². The Bertz CT molecular complexity index is 701. The smallest absolute Gasteiger partial charge is 0.545 e. The molecular weight excluding hydrogens is 357 g/mol. The van der Waals surface area contributed by atoms with Crippen molar-refractivity contribution >= 4 is 17.6 Å². The van der Waals surface area contributed by atoms with Gasteiger partial charge in [-0.1, -0.05) is 6.42 Å². The van der Waals surface area contributed by atoms with E-state index in [1.807, 2.05) is 0 Å². The summed E-state index contributed by atoms with van der Waals surface area (Å²) in [5, 5.41) is 23.9. The molecule has 0 aliphatic heterocycles. The Morgan fingerprint density at radius 2 is 1.63 bits per heavy atom. The molecule has 0 bridgehead atoms. The maximum absolute atomic E-state index is 12.4. The first-order valence-electron chi connectivity index (χ1n) is 9.24. The van der Waals surface area contributed by atoms with Crippen LogP contribution >= 0.6 is 0 Å². The van der Waals surface area contributed by atoms with Crippen LogP contribution in [0.15, 0.2) is 35.4 Å². The molecule has 0 spiro atoms. The predicted molar refractivity (Wildman–Crippen MR) is 94.5 cm³/mol. The average Bonchev–Trinajstić information content (AvgIpc) is 2.65. The van der Waals surface area contributed by atoms with Gasteiger partial charge in [0.1, 0.15) is 11.9 Å². The quantitative estimate of drug-likeness (QED) is 0.633. The van der Waals surface area contributed by atoms with Crippen molar-refractivity contribution in [2.75, 3.05) is 5.32 Å². The molecule has 2 unspecified atom stereocenters. The van der Waals surface area contributed by atoms with Gasteiger partial charge in [-0.2, -0.15) is 0 Å². The number of ether oxygens (including phenoxy) is 1. The third-order valence-electron chi connectivity index (χ3n) is 5.06. The van der Waals surface area contributed by atoms with Gasteiger partial charge in [0.25, 0.3) is 5.91 Å². The number of benzene rings is 1. The zero-order valence-corrected chi connectivity index (χ0v) is 17.7. The number of carboxylic acids is 1. The van der Waals surface area contributed by atoms with Gasteiger partial charge in [0.05, 0.1) is 12.1 Å². The van der Waals surface area contributed by atoms with Crippen LogP contribution in [0.5, 0.6) is 5.75 Å². The van der Waals surface area contributed by atoms with E-state index in [2.05, 4.69) is 5.32 Å². The minimum absolute atomic E-state index is 0. The van der Waals surface area contributed by atoms with Crippen molar-refractivity contribution in [2.45, 2.75) is 63.6 Å². The van der Waals surface area contributed by atoms with Crippen LogP contribution in [0.25, 0.3) is 0 Å². The van der Waals surface area contributed by atoms with E-state index >= 15 is 0 Å². The van der Waals surface area contributed by atoms with Gasteiger partial charge < -0.3 is 25.1 Å². The monoisotopic (exact) mass is 381 g/mol.